The molecule has 4 N–H and O–H groups in total. The highest BCUT2D eigenvalue weighted by molar-refractivity contribution is 14.1. The summed E-state index contributed by atoms with van der Waals surface area (Å²) in [6.07, 6.45) is 1.79. The molecule has 0 aromatic carbocycles. The average molecular weight is 304 g/mol. The van der Waals surface area contributed by atoms with Crippen molar-refractivity contribution >= 4 is 28.4 Å². The van der Waals surface area contributed by atoms with Crippen LogP contribution in [0.5, 0.6) is 0 Å². The molecule has 1 aliphatic heterocycles. The van der Waals surface area contributed by atoms with Crippen molar-refractivity contribution in [3.05, 3.63) is 21.4 Å². The highest BCUT2D eigenvalue weighted by Gasteiger charge is 2.17. The van der Waals surface area contributed by atoms with Gasteiger partial charge in [0.2, 0.25) is 0 Å². The van der Waals surface area contributed by atoms with Crippen LogP contribution in [0.2, 0.25) is 0 Å². The van der Waals surface area contributed by atoms with Gasteiger partial charge in [0, 0.05) is 41.0 Å². The smallest absolute Gasteiger partial charge is 0.128 e. The van der Waals surface area contributed by atoms with Gasteiger partial charge < -0.3 is 16.4 Å². The maximum atomic E-state index is 5.84. The quantitative estimate of drug-likeness (QED) is 0.661. The van der Waals surface area contributed by atoms with Crippen LogP contribution < -0.4 is 16.4 Å². The van der Waals surface area contributed by atoms with Gasteiger partial charge in [-0.1, -0.05) is 0 Å². The summed E-state index contributed by atoms with van der Waals surface area (Å²) in [5.41, 5.74) is 6.94. The number of nitrogens with zero attached hydrogens (tertiary/aromatic N) is 1. The summed E-state index contributed by atoms with van der Waals surface area (Å²) >= 11 is 2.25. The molecule has 0 saturated carbocycles. The van der Waals surface area contributed by atoms with Crippen LogP contribution in [0.25, 0.3) is 0 Å². The second kappa shape index (κ2) is 4.41. The number of nitrogens with two attached hydrogens (primary N) is 1. The third-order valence-electron chi connectivity index (χ3n) is 2.33. The molecule has 2 heterocycles. The summed E-state index contributed by atoms with van der Waals surface area (Å²) in [5.74, 6) is 0.631. The number of anilines is 1. The van der Waals surface area contributed by atoms with E-state index >= 15 is 0 Å². The fraction of sp³-hybridized carbons (Fsp3) is 0.444. The van der Waals surface area contributed by atoms with Gasteiger partial charge in [-0.2, -0.15) is 0 Å². The van der Waals surface area contributed by atoms with E-state index in [4.69, 9.17) is 5.73 Å². The van der Waals surface area contributed by atoms with Gasteiger partial charge in [0.15, 0.2) is 0 Å². The molecule has 0 radical (unpaired) electrons. The predicted octanol–water partition coefficient (Wildman–Crippen LogP) is 0.502. The average Bonchev–Trinajstić information content (AvgIpc) is 2.23. The lowest BCUT2D eigenvalue weighted by Gasteiger charge is -2.25. The highest BCUT2D eigenvalue weighted by atomic mass is 127. The van der Waals surface area contributed by atoms with E-state index in [9.17, 15) is 0 Å². The Labute approximate surface area is 96.8 Å². The van der Waals surface area contributed by atoms with E-state index in [-0.39, 0.29) is 0 Å². The Morgan fingerprint density at radius 2 is 2.36 bits per heavy atom. The van der Waals surface area contributed by atoms with Crippen LogP contribution in [-0.4, -0.2) is 24.6 Å². The lowest BCUT2D eigenvalue weighted by atomic mass is 10.1. The van der Waals surface area contributed by atoms with Crippen LogP contribution in [0.15, 0.2) is 12.3 Å². The van der Waals surface area contributed by atoms with Gasteiger partial charge in [-0.3, -0.25) is 0 Å². The van der Waals surface area contributed by atoms with Gasteiger partial charge >= 0.3 is 0 Å². The van der Waals surface area contributed by atoms with Crippen molar-refractivity contribution in [2.24, 2.45) is 0 Å². The van der Waals surface area contributed by atoms with Crippen molar-refractivity contribution in [3.63, 3.8) is 0 Å². The molecule has 1 unspecified atom stereocenters. The Morgan fingerprint density at radius 1 is 1.50 bits per heavy atom. The lowest BCUT2D eigenvalue weighted by molar-refractivity contribution is 0.430. The fourth-order valence-electron chi connectivity index (χ4n) is 1.62. The van der Waals surface area contributed by atoms with Crippen LogP contribution in [0.1, 0.15) is 11.6 Å². The Hall–Kier alpha value is -0.400. The first kappa shape index (κ1) is 10.1. The Bertz CT molecular complexity index is 323. The van der Waals surface area contributed by atoms with Crippen molar-refractivity contribution in [1.29, 1.82) is 0 Å². The van der Waals surface area contributed by atoms with E-state index in [1.165, 1.54) is 0 Å². The zero-order chi connectivity index (χ0) is 9.97. The van der Waals surface area contributed by atoms with E-state index in [2.05, 4.69) is 44.3 Å². The first-order chi connectivity index (χ1) is 6.77. The second-order valence-corrected chi connectivity index (χ2v) is 4.58. The molecule has 1 fully saturated rings. The zero-order valence-electron chi connectivity index (χ0n) is 7.76. The molecule has 4 nitrogen and oxygen atoms in total. The minimum atomic E-state index is 0.297. The fourth-order valence-corrected chi connectivity index (χ4v) is 2.09. The molecule has 0 amide bonds. The molecule has 0 aliphatic carbocycles. The summed E-state index contributed by atoms with van der Waals surface area (Å²) in [4.78, 5) is 4.16. The van der Waals surface area contributed by atoms with E-state index in [0.29, 0.717) is 11.9 Å². The number of hydrogen-bond acceptors (Lipinski definition) is 4. The largest absolute Gasteiger partial charge is 0.383 e. The number of halogens is 1. The predicted molar refractivity (Wildman–Crippen MR) is 65.0 cm³/mol. The lowest BCUT2D eigenvalue weighted by Crippen LogP contribution is -2.43. The van der Waals surface area contributed by atoms with Crippen LogP contribution in [0, 0.1) is 3.57 Å². The highest BCUT2D eigenvalue weighted by Crippen LogP contribution is 2.20. The number of pyridine rings is 1. The van der Waals surface area contributed by atoms with Crippen LogP contribution in [-0.2, 0) is 0 Å². The number of nitrogens with one attached hydrogen (secondary N) is 2. The van der Waals surface area contributed by atoms with Crippen LogP contribution in [0.3, 0.4) is 0 Å². The van der Waals surface area contributed by atoms with E-state index < -0.39 is 0 Å². The minimum absolute atomic E-state index is 0.297. The molecule has 14 heavy (non-hydrogen) atoms. The summed E-state index contributed by atoms with van der Waals surface area (Å²) in [6, 6.07) is 2.39. The normalized spacial score (nSPS) is 22.2. The van der Waals surface area contributed by atoms with Crippen LogP contribution >= 0.6 is 22.6 Å². The van der Waals surface area contributed by atoms with Crippen molar-refractivity contribution < 1.29 is 0 Å². The minimum Gasteiger partial charge on any atom is -0.383 e. The molecule has 1 saturated heterocycles. The first-order valence-corrected chi connectivity index (χ1v) is 5.70. The molecule has 1 aromatic heterocycles. The summed E-state index contributed by atoms with van der Waals surface area (Å²) < 4.78 is 1.12. The van der Waals surface area contributed by atoms with E-state index in [0.717, 1.165) is 28.8 Å². The third kappa shape index (κ3) is 2.15. The Kier molecular flexibility index (Phi) is 3.19. The van der Waals surface area contributed by atoms with Crippen molar-refractivity contribution in [2.45, 2.75) is 6.04 Å². The van der Waals surface area contributed by atoms with Crippen molar-refractivity contribution in [2.75, 3.05) is 25.4 Å². The third-order valence-corrected chi connectivity index (χ3v) is 2.92. The monoisotopic (exact) mass is 304 g/mol. The topological polar surface area (TPSA) is 63.0 Å². The molecular formula is C9H13IN4. The molecule has 1 aromatic rings. The Balaban J connectivity index is 2.24. The SMILES string of the molecule is Nc1ncc(I)cc1C1CNCCN1. The standard InChI is InChI=1S/C9H13IN4/c10-6-3-7(9(11)14-4-6)8-5-12-1-2-13-8/h3-4,8,12-13H,1-2,5H2,(H2,11,14). The van der Waals surface area contributed by atoms with Gasteiger partial charge in [-0.15, -0.1) is 0 Å². The van der Waals surface area contributed by atoms with Gasteiger partial charge in [-0.25, -0.2) is 4.98 Å². The molecule has 76 valence electrons. The number of piperazine rings is 1. The van der Waals surface area contributed by atoms with E-state index in [1.807, 2.05) is 0 Å². The molecule has 2 rings (SSSR count). The van der Waals surface area contributed by atoms with Crippen LogP contribution in [0.4, 0.5) is 5.82 Å². The summed E-state index contributed by atoms with van der Waals surface area (Å²) in [7, 11) is 0. The van der Waals surface area contributed by atoms with E-state index in [1.54, 1.807) is 6.20 Å². The number of aromatic nitrogens is 1. The number of nitrogen functional groups attached to an aromatic ring is 1. The van der Waals surface area contributed by atoms with Gasteiger partial charge in [0.25, 0.3) is 0 Å². The second-order valence-electron chi connectivity index (χ2n) is 3.34. The Morgan fingerprint density at radius 3 is 3.07 bits per heavy atom. The first-order valence-electron chi connectivity index (χ1n) is 4.62. The number of rotatable bonds is 1. The molecular weight excluding hydrogens is 291 g/mol. The number of hydrogen-bond donors (Lipinski definition) is 3. The molecule has 1 atom stereocenters. The maximum Gasteiger partial charge on any atom is 0.128 e. The van der Waals surface area contributed by atoms with Gasteiger partial charge in [-0.05, 0) is 28.7 Å². The molecule has 0 bridgehead atoms. The summed E-state index contributed by atoms with van der Waals surface area (Å²) in [5, 5.41) is 6.75. The summed E-state index contributed by atoms with van der Waals surface area (Å²) in [6.45, 7) is 2.93. The molecule has 0 spiro atoms. The van der Waals surface area contributed by atoms with Gasteiger partial charge in [0.05, 0.1) is 0 Å². The van der Waals surface area contributed by atoms with Crippen molar-refractivity contribution in [1.82, 2.24) is 15.6 Å². The molecule has 5 heteroatoms. The zero-order valence-corrected chi connectivity index (χ0v) is 9.91. The molecule has 1 aliphatic rings. The maximum absolute atomic E-state index is 5.84. The van der Waals surface area contributed by atoms with Crippen molar-refractivity contribution in [3.8, 4) is 0 Å². The van der Waals surface area contributed by atoms with Gasteiger partial charge in [0.1, 0.15) is 5.82 Å².